The minimum absolute atomic E-state index is 0.241. The minimum Gasteiger partial charge on any atom is -0.316 e. The average molecular weight is 347 g/mol. The van der Waals surface area contributed by atoms with E-state index < -0.39 is 0 Å². The van der Waals surface area contributed by atoms with Crippen molar-refractivity contribution in [2.45, 2.75) is 11.7 Å². The Kier molecular flexibility index (Phi) is 3.35. The number of hydrogen-bond donors (Lipinski definition) is 0. The van der Waals surface area contributed by atoms with Crippen molar-refractivity contribution in [3.63, 3.8) is 0 Å². The van der Waals surface area contributed by atoms with E-state index in [2.05, 4.69) is 16.7 Å². The number of imidazole rings is 1. The van der Waals surface area contributed by atoms with Gasteiger partial charge in [0.25, 0.3) is 0 Å². The molecule has 0 N–H and O–H groups in total. The molecule has 0 spiro atoms. The van der Waals surface area contributed by atoms with Crippen molar-refractivity contribution >= 4 is 22.7 Å². The molecule has 0 radical (unpaired) electrons. The zero-order chi connectivity index (χ0) is 16.8. The van der Waals surface area contributed by atoms with Crippen molar-refractivity contribution in [3.8, 4) is 22.6 Å². The Balaban J connectivity index is 1.75. The predicted octanol–water partition coefficient (Wildman–Crippen LogP) is 5.01. The molecule has 0 fully saturated rings. The maximum atomic E-state index is 13.3. The molecule has 3 heterocycles. The summed E-state index contributed by atoms with van der Waals surface area (Å²) >= 11 is 1.75. The van der Waals surface area contributed by atoms with Crippen molar-refractivity contribution in [1.29, 1.82) is 0 Å². The Morgan fingerprint density at radius 2 is 1.76 bits per heavy atom. The van der Waals surface area contributed by atoms with Gasteiger partial charge in [-0.2, -0.15) is 0 Å². The first kappa shape index (κ1) is 14.7. The normalized spacial score (nSPS) is 13.3. The van der Waals surface area contributed by atoms with Gasteiger partial charge >= 0.3 is 0 Å². The van der Waals surface area contributed by atoms with Crippen LogP contribution in [0.2, 0.25) is 0 Å². The van der Waals surface area contributed by atoms with Crippen LogP contribution in [0.5, 0.6) is 0 Å². The molecule has 122 valence electrons. The second-order valence-corrected chi connectivity index (χ2v) is 7.05. The fourth-order valence-electron chi connectivity index (χ4n) is 3.24. The second-order valence-electron chi connectivity index (χ2n) is 5.99. The maximum Gasteiger partial charge on any atom is 0.169 e. The molecular weight excluding hydrogens is 333 g/mol. The first-order valence-corrected chi connectivity index (χ1v) is 9.13. The summed E-state index contributed by atoms with van der Waals surface area (Å²) in [5, 5.41) is 2.12. The standard InChI is InChI=1S/C20H14FN3S/c21-15-8-5-14(6-9-15)18-19(24-11-12-25-20(24)23-18)17-10-7-13-3-1-2-4-16(13)22-17/h1-10H,11-12H2. The van der Waals surface area contributed by atoms with E-state index in [9.17, 15) is 4.39 Å². The minimum atomic E-state index is -0.241. The van der Waals surface area contributed by atoms with Gasteiger partial charge < -0.3 is 4.57 Å². The van der Waals surface area contributed by atoms with Crippen molar-refractivity contribution in [2.75, 3.05) is 5.75 Å². The van der Waals surface area contributed by atoms with Gasteiger partial charge in [0.05, 0.1) is 22.6 Å². The molecule has 0 unspecified atom stereocenters. The van der Waals surface area contributed by atoms with Crippen molar-refractivity contribution < 1.29 is 4.39 Å². The molecule has 0 amide bonds. The highest BCUT2D eigenvalue weighted by atomic mass is 32.2. The highest BCUT2D eigenvalue weighted by molar-refractivity contribution is 7.99. The summed E-state index contributed by atoms with van der Waals surface area (Å²) in [7, 11) is 0. The lowest BCUT2D eigenvalue weighted by Crippen LogP contribution is -1.99. The number of aromatic nitrogens is 3. The number of para-hydroxylation sites is 1. The first-order valence-electron chi connectivity index (χ1n) is 8.15. The van der Waals surface area contributed by atoms with Gasteiger partial charge in [0, 0.05) is 23.2 Å². The maximum absolute atomic E-state index is 13.3. The third kappa shape index (κ3) is 2.43. The topological polar surface area (TPSA) is 30.7 Å². The van der Waals surface area contributed by atoms with Gasteiger partial charge in [-0.15, -0.1) is 0 Å². The number of nitrogens with zero attached hydrogens (tertiary/aromatic N) is 3. The van der Waals surface area contributed by atoms with Crippen LogP contribution in [0.15, 0.2) is 65.8 Å². The molecule has 3 nitrogen and oxygen atoms in total. The quantitative estimate of drug-likeness (QED) is 0.511. The van der Waals surface area contributed by atoms with Crippen molar-refractivity contribution in [1.82, 2.24) is 14.5 Å². The summed E-state index contributed by atoms with van der Waals surface area (Å²) in [5.74, 6) is 0.780. The molecule has 0 bridgehead atoms. The van der Waals surface area contributed by atoms with Gasteiger partial charge in [0.1, 0.15) is 5.82 Å². The van der Waals surface area contributed by atoms with Gasteiger partial charge in [0.15, 0.2) is 5.16 Å². The zero-order valence-corrected chi connectivity index (χ0v) is 14.1. The van der Waals surface area contributed by atoms with E-state index in [1.165, 1.54) is 12.1 Å². The number of hydrogen-bond acceptors (Lipinski definition) is 3. The molecule has 0 atom stereocenters. The molecule has 5 heteroatoms. The molecule has 4 aromatic rings. The summed E-state index contributed by atoms with van der Waals surface area (Å²) in [6.45, 7) is 0.915. The molecule has 2 aromatic carbocycles. The van der Waals surface area contributed by atoms with E-state index in [4.69, 9.17) is 9.97 Å². The van der Waals surface area contributed by atoms with Crippen LogP contribution in [0.25, 0.3) is 33.5 Å². The summed E-state index contributed by atoms with van der Waals surface area (Å²) in [5.41, 5.74) is 4.65. The van der Waals surface area contributed by atoms with Crippen LogP contribution in [0.1, 0.15) is 0 Å². The third-order valence-corrected chi connectivity index (χ3v) is 5.39. The summed E-state index contributed by atoms with van der Waals surface area (Å²) in [4.78, 5) is 9.67. The lowest BCUT2D eigenvalue weighted by atomic mass is 10.1. The van der Waals surface area contributed by atoms with Crippen molar-refractivity contribution in [2.24, 2.45) is 0 Å². The highest BCUT2D eigenvalue weighted by Gasteiger charge is 2.24. The van der Waals surface area contributed by atoms with Gasteiger partial charge in [-0.25, -0.2) is 14.4 Å². The number of thioether (sulfide) groups is 1. The van der Waals surface area contributed by atoms with E-state index in [0.29, 0.717) is 0 Å². The van der Waals surface area contributed by atoms with E-state index in [0.717, 1.165) is 51.0 Å². The van der Waals surface area contributed by atoms with E-state index in [1.54, 1.807) is 23.9 Å². The Labute approximate surface area is 148 Å². The molecule has 0 aliphatic carbocycles. The Morgan fingerprint density at radius 1 is 0.920 bits per heavy atom. The first-order chi connectivity index (χ1) is 12.3. The van der Waals surface area contributed by atoms with Crippen LogP contribution >= 0.6 is 11.8 Å². The largest absolute Gasteiger partial charge is 0.316 e. The van der Waals surface area contributed by atoms with Gasteiger partial charge in [-0.1, -0.05) is 36.0 Å². The Hall–Kier alpha value is -2.66. The van der Waals surface area contributed by atoms with E-state index >= 15 is 0 Å². The molecule has 5 rings (SSSR count). The molecular formula is C20H14FN3S. The second kappa shape index (κ2) is 5.70. The van der Waals surface area contributed by atoms with Gasteiger partial charge in [0.2, 0.25) is 0 Å². The number of rotatable bonds is 2. The summed E-state index contributed by atoms with van der Waals surface area (Å²) in [6.07, 6.45) is 0. The average Bonchev–Trinajstić information content (AvgIpc) is 3.23. The molecule has 1 aliphatic heterocycles. The smallest absolute Gasteiger partial charge is 0.169 e. The SMILES string of the molecule is Fc1ccc(-c2nc3n(c2-c2ccc4ccccc4n2)CCS3)cc1. The predicted molar refractivity (Wildman–Crippen MR) is 99.1 cm³/mol. The molecule has 2 aromatic heterocycles. The lowest BCUT2D eigenvalue weighted by molar-refractivity contribution is 0.628. The van der Waals surface area contributed by atoms with Crippen LogP contribution in [-0.4, -0.2) is 20.3 Å². The zero-order valence-electron chi connectivity index (χ0n) is 13.3. The number of benzene rings is 2. The molecule has 0 saturated heterocycles. The fourth-order valence-corrected chi connectivity index (χ4v) is 4.20. The fraction of sp³-hybridized carbons (Fsp3) is 0.100. The van der Waals surface area contributed by atoms with Crippen LogP contribution in [0, 0.1) is 5.82 Å². The number of fused-ring (bicyclic) bond motifs is 2. The Bertz CT molecular complexity index is 1090. The summed E-state index contributed by atoms with van der Waals surface area (Å²) < 4.78 is 15.5. The molecule has 1 aliphatic rings. The monoisotopic (exact) mass is 347 g/mol. The number of pyridine rings is 1. The van der Waals surface area contributed by atoms with E-state index in [1.807, 2.05) is 24.3 Å². The Morgan fingerprint density at radius 3 is 2.64 bits per heavy atom. The van der Waals surface area contributed by atoms with Crippen LogP contribution in [-0.2, 0) is 6.54 Å². The number of halogens is 1. The van der Waals surface area contributed by atoms with Crippen LogP contribution < -0.4 is 0 Å². The van der Waals surface area contributed by atoms with E-state index in [-0.39, 0.29) is 5.82 Å². The van der Waals surface area contributed by atoms with Gasteiger partial charge in [-0.3, -0.25) is 0 Å². The summed E-state index contributed by atoms with van der Waals surface area (Å²) in [6, 6.07) is 18.7. The van der Waals surface area contributed by atoms with Crippen LogP contribution in [0.4, 0.5) is 4.39 Å². The highest BCUT2D eigenvalue weighted by Crippen LogP contribution is 2.38. The molecule has 25 heavy (non-hydrogen) atoms. The molecule has 0 saturated carbocycles. The van der Waals surface area contributed by atoms with Crippen molar-refractivity contribution in [3.05, 3.63) is 66.5 Å². The van der Waals surface area contributed by atoms with Crippen LogP contribution in [0.3, 0.4) is 0 Å². The third-order valence-electron chi connectivity index (χ3n) is 4.44. The van der Waals surface area contributed by atoms with Gasteiger partial charge in [-0.05, 0) is 36.4 Å². The lowest BCUT2D eigenvalue weighted by Gasteiger charge is -2.08.